The minimum atomic E-state index is -0.747. The van der Waals surface area contributed by atoms with Crippen LogP contribution in [0.25, 0.3) is 0 Å². The van der Waals surface area contributed by atoms with Crippen molar-refractivity contribution in [1.29, 1.82) is 0 Å². The second-order valence-electron chi connectivity index (χ2n) is 4.67. The lowest BCUT2D eigenvalue weighted by Gasteiger charge is -2.14. The summed E-state index contributed by atoms with van der Waals surface area (Å²) in [5.74, 6) is -0.366. The predicted molar refractivity (Wildman–Crippen MR) is 64.8 cm³/mol. The fourth-order valence-corrected chi connectivity index (χ4v) is 1.73. The number of carbonyl (C=O) groups excluding carboxylic acids is 1. The molecule has 1 aliphatic carbocycles. The maximum atomic E-state index is 11.3. The standard InChI is InChI=1S/C12H22N2O3/c1-2-9(3-6-11(15)16)7-8-13-12(17)14-10-4-5-10/h9-10H,2-8H2,1H3,(H,15,16)(H2,13,14,17). The fourth-order valence-electron chi connectivity index (χ4n) is 1.73. The van der Waals surface area contributed by atoms with Crippen molar-refractivity contribution in [3.63, 3.8) is 0 Å². The van der Waals surface area contributed by atoms with Crippen molar-refractivity contribution in [1.82, 2.24) is 10.6 Å². The summed E-state index contributed by atoms with van der Waals surface area (Å²) in [5, 5.41) is 14.3. The molecule has 0 aliphatic heterocycles. The molecule has 3 N–H and O–H groups in total. The van der Waals surface area contributed by atoms with E-state index in [0.29, 0.717) is 24.9 Å². The molecule has 1 aliphatic rings. The van der Waals surface area contributed by atoms with E-state index in [0.717, 1.165) is 25.7 Å². The van der Waals surface area contributed by atoms with Crippen molar-refractivity contribution in [3.8, 4) is 0 Å². The van der Waals surface area contributed by atoms with Crippen molar-refractivity contribution in [2.24, 2.45) is 5.92 Å². The highest BCUT2D eigenvalue weighted by Crippen LogP contribution is 2.18. The number of rotatable bonds is 8. The number of amides is 2. The molecule has 0 radical (unpaired) electrons. The number of nitrogens with one attached hydrogen (secondary N) is 2. The van der Waals surface area contributed by atoms with Gasteiger partial charge in [-0.15, -0.1) is 0 Å². The van der Waals surface area contributed by atoms with Crippen LogP contribution in [0.15, 0.2) is 0 Å². The van der Waals surface area contributed by atoms with Crippen LogP contribution < -0.4 is 10.6 Å². The smallest absolute Gasteiger partial charge is 0.315 e. The van der Waals surface area contributed by atoms with E-state index in [1.54, 1.807) is 0 Å². The molecular formula is C12H22N2O3. The van der Waals surface area contributed by atoms with Crippen LogP contribution in [0.2, 0.25) is 0 Å². The molecule has 0 aromatic carbocycles. The average molecular weight is 242 g/mol. The van der Waals surface area contributed by atoms with Gasteiger partial charge in [0.1, 0.15) is 0 Å². The van der Waals surface area contributed by atoms with Gasteiger partial charge in [0, 0.05) is 19.0 Å². The summed E-state index contributed by atoms with van der Waals surface area (Å²) >= 11 is 0. The van der Waals surface area contributed by atoms with E-state index in [1.165, 1.54) is 0 Å². The molecule has 2 amide bonds. The quantitative estimate of drug-likeness (QED) is 0.606. The molecule has 1 atom stereocenters. The zero-order chi connectivity index (χ0) is 12.7. The first-order valence-electron chi connectivity index (χ1n) is 6.38. The Bertz CT molecular complexity index is 264. The summed E-state index contributed by atoms with van der Waals surface area (Å²) in [5.41, 5.74) is 0. The van der Waals surface area contributed by atoms with E-state index in [2.05, 4.69) is 17.6 Å². The van der Waals surface area contributed by atoms with Crippen LogP contribution in [0.4, 0.5) is 4.79 Å². The molecule has 0 heterocycles. The van der Waals surface area contributed by atoms with E-state index < -0.39 is 5.97 Å². The van der Waals surface area contributed by atoms with E-state index in [1.807, 2.05) is 0 Å². The second-order valence-corrected chi connectivity index (χ2v) is 4.67. The monoisotopic (exact) mass is 242 g/mol. The van der Waals surface area contributed by atoms with Crippen LogP contribution in [-0.2, 0) is 4.79 Å². The molecule has 0 saturated heterocycles. The molecule has 0 spiro atoms. The number of urea groups is 1. The van der Waals surface area contributed by atoms with Gasteiger partial charge in [-0.1, -0.05) is 13.3 Å². The van der Waals surface area contributed by atoms with Crippen LogP contribution in [0, 0.1) is 5.92 Å². The lowest BCUT2D eigenvalue weighted by Crippen LogP contribution is -2.37. The average Bonchev–Trinajstić information content (AvgIpc) is 3.06. The maximum Gasteiger partial charge on any atom is 0.315 e. The van der Waals surface area contributed by atoms with Gasteiger partial charge >= 0.3 is 12.0 Å². The van der Waals surface area contributed by atoms with Gasteiger partial charge in [-0.2, -0.15) is 0 Å². The van der Waals surface area contributed by atoms with Gasteiger partial charge in [0.15, 0.2) is 0 Å². The molecule has 98 valence electrons. The first kappa shape index (κ1) is 13.8. The van der Waals surface area contributed by atoms with Gasteiger partial charge in [0.05, 0.1) is 0 Å². The van der Waals surface area contributed by atoms with E-state index >= 15 is 0 Å². The summed E-state index contributed by atoms with van der Waals surface area (Å²) in [4.78, 5) is 21.8. The van der Waals surface area contributed by atoms with Crippen molar-refractivity contribution < 1.29 is 14.7 Å². The fraction of sp³-hybridized carbons (Fsp3) is 0.833. The number of carbonyl (C=O) groups is 2. The summed E-state index contributed by atoms with van der Waals surface area (Å²) in [6, 6.07) is 0.282. The molecule has 1 fully saturated rings. The topological polar surface area (TPSA) is 78.4 Å². The largest absolute Gasteiger partial charge is 0.481 e. The highest BCUT2D eigenvalue weighted by Gasteiger charge is 2.22. The van der Waals surface area contributed by atoms with Crippen molar-refractivity contribution in [2.75, 3.05) is 6.54 Å². The van der Waals surface area contributed by atoms with Crippen LogP contribution in [-0.4, -0.2) is 29.7 Å². The van der Waals surface area contributed by atoms with Gasteiger partial charge in [-0.25, -0.2) is 4.79 Å². The molecule has 1 saturated carbocycles. The first-order chi connectivity index (χ1) is 8.11. The van der Waals surface area contributed by atoms with E-state index in [-0.39, 0.29) is 12.5 Å². The second kappa shape index (κ2) is 7.14. The SMILES string of the molecule is CCC(CCNC(=O)NC1CC1)CCC(=O)O. The summed E-state index contributed by atoms with van der Waals surface area (Å²) in [7, 11) is 0. The molecule has 0 aromatic heterocycles. The van der Waals surface area contributed by atoms with Crippen LogP contribution in [0.3, 0.4) is 0 Å². The molecule has 1 unspecified atom stereocenters. The number of aliphatic carboxylic acids is 1. The Balaban J connectivity index is 2.05. The van der Waals surface area contributed by atoms with Gasteiger partial charge < -0.3 is 15.7 Å². The van der Waals surface area contributed by atoms with Crippen LogP contribution >= 0.6 is 0 Å². The number of carboxylic acids is 1. The van der Waals surface area contributed by atoms with Crippen molar-refractivity contribution >= 4 is 12.0 Å². The van der Waals surface area contributed by atoms with Crippen LogP contribution in [0.5, 0.6) is 0 Å². The third kappa shape index (κ3) is 6.81. The predicted octanol–water partition coefficient (Wildman–Crippen LogP) is 1.73. The first-order valence-corrected chi connectivity index (χ1v) is 6.38. The van der Waals surface area contributed by atoms with Crippen molar-refractivity contribution in [3.05, 3.63) is 0 Å². The molecule has 17 heavy (non-hydrogen) atoms. The number of carboxylic acid groups (broad SMARTS) is 1. The molecular weight excluding hydrogens is 220 g/mol. The zero-order valence-corrected chi connectivity index (χ0v) is 10.4. The van der Waals surface area contributed by atoms with Crippen LogP contribution in [0.1, 0.15) is 45.4 Å². The lowest BCUT2D eigenvalue weighted by atomic mass is 9.97. The van der Waals surface area contributed by atoms with Crippen molar-refractivity contribution in [2.45, 2.75) is 51.5 Å². The van der Waals surface area contributed by atoms with E-state index in [9.17, 15) is 9.59 Å². The Morgan fingerprint density at radius 2 is 2.06 bits per heavy atom. The Morgan fingerprint density at radius 1 is 1.35 bits per heavy atom. The molecule has 5 nitrogen and oxygen atoms in total. The zero-order valence-electron chi connectivity index (χ0n) is 10.4. The molecule has 1 rings (SSSR count). The maximum absolute atomic E-state index is 11.3. The van der Waals surface area contributed by atoms with Gasteiger partial charge in [0.2, 0.25) is 0 Å². The molecule has 5 heteroatoms. The Kier molecular flexibility index (Phi) is 5.80. The Morgan fingerprint density at radius 3 is 2.59 bits per heavy atom. The van der Waals surface area contributed by atoms with Gasteiger partial charge in [-0.05, 0) is 31.6 Å². The molecule has 0 aromatic rings. The highest BCUT2D eigenvalue weighted by atomic mass is 16.4. The lowest BCUT2D eigenvalue weighted by molar-refractivity contribution is -0.137. The highest BCUT2D eigenvalue weighted by molar-refractivity contribution is 5.74. The third-order valence-corrected chi connectivity index (χ3v) is 3.09. The minimum absolute atomic E-state index is 0.0967. The Labute approximate surface area is 102 Å². The Hall–Kier alpha value is -1.26. The summed E-state index contributed by atoms with van der Waals surface area (Å²) < 4.78 is 0. The van der Waals surface area contributed by atoms with Gasteiger partial charge in [0.25, 0.3) is 0 Å². The molecule has 0 bridgehead atoms. The summed E-state index contributed by atoms with van der Waals surface area (Å²) in [6.45, 7) is 2.67. The normalized spacial score (nSPS) is 16.3. The van der Waals surface area contributed by atoms with Gasteiger partial charge in [-0.3, -0.25) is 4.79 Å². The minimum Gasteiger partial charge on any atom is -0.481 e. The summed E-state index contributed by atoms with van der Waals surface area (Å²) in [6.07, 6.45) is 4.89. The third-order valence-electron chi connectivity index (χ3n) is 3.09. The number of hydrogen-bond donors (Lipinski definition) is 3. The van der Waals surface area contributed by atoms with E-state index in [4.69, 9.17) is 5.11 Å². The number of hydrogen-bond acceptors (Lipinski definition) is 2.